The van der Waals surface area contributed by atoms with Crippen molar-refractivity contribution in [1.29, 1.82) is 0 Å². The van der Waals surface area contributed by atoms with Crippen molar-refractivity contribution in [2.75, 3.05) is 13.3 Å². The molecular weight excluding hydrogens is 346 g/mol. The summed E-state index contributed by atoms with van der Waals surface area (Å²) in [5.74, 6) is 0. The number of rotatable bonds is 3. The fourth-order valence-corrected chi connectivity index (χ4v) is 5.04. The molecule has 1 aliphatic heterocycles. The number of aliphatic hydroxyl groups is 1. The lowest BCUT2D eigenvalue weighted by Gasteiger charge is -2.46. The second-order valence-electron chi connectivity index (χ2n) is 8.31. The van der Waals surface area contributed by atoms with Gasteiger partial charge in [-0.1, -0.05) is 78.9 Å². The van der Waals surface area contributed by atoms with E-state index >= 15 is 0 Å². The molecule has 28 heavy (non-hydrogen) atoms. The van der Waals surface area contributed by atoms with Crippen LogP contribution < -0.4 is 0 Å². The molecule has 3 aromatic rings. The molecule has 1 saturated heterocycles. The van der Waals surface area contributed by atoms with Gasteiger partial charge in [-0.25, -0.2) is 0 Å². The SMILES string of the molecule is CC(C)(O)[C@H]1COCN1C1(c2ccccc2)c2ccccc2-c2ccccc21. The molecule has 1 atom stereocenters. The van der Waals surface area contributed by atoms with Crippen LogP contribution in [0.25, 0.3) is 11.1 Å². The summed E-state index contributed by atoms with van der Waals surface area (Å²) >= 11 is 0. The zero-order valence-electron chi connectivity index (χ0n) is 16.3. The highest BCUT2D eigenvalue weighted by atomic mass is 16.5. The molecule has 0 bridgehead atoms. The lowest BCUT2D eigenvalue weighted by atomic mass is 9.77. The number of fused-ring (bicyclic) bond motifs is 3. The third-order valence-electron chi connectivity index (χ3n) is 6.24. The molecule has 1 aliphatic carbocycles. The maximum atomic E-state index is 11.0. The van der Waals surface area contributed by atoms with E-state index in [1.165, 1.54) is 27.8 Å². The van der Waals surface area contributed by atoms with Crippen molar-refractivity contribution in [2.24, 2.45) is 0 Å². The molecule has 0 saturated carbocycles. The van der Waals surface area contributed by atoms with Gasteiger partial charge in [0, 0.05) is 0 Å². The molecule has 3 aromatic carbocycles. The van der Waals surface area contributed by atoms with Gasteiger partial charge in [0.05, 0.1) is 18.2 Å². The fourth-order valence-electron chi connectivity index (χ4n) is 5.04. The molecule has 1 fully saturated rings. The van der Waals surface area contributed by atoms with Crippen LogP contribution in [0.2, 0.25) is 0 Å². The van der Waals surface area contributed by atoms with Gasteiger partial charge in [0.25, 0.3) is 0 Å². The van der Waals surface area contributed by atoms with E-state index < -0.39 is 11.1 Å². The van der Waals surface area contributed by atoms with Crippen LogP contribution in [0.1, 0.15) is 30.5 Å². The van der Waals surface area contributed by atoms with Crippen LogP contribution in [0.5, 0.6) is 0 Å². The number of hydrogen-bond acceptors (Lipinski definition) is 3. The van der Waals surface area contributed by atoms with E-state index in [9.17, 15) is 5.11 Å². The third-order valence-corrected chi connectivity index (χ3v) is 6.24. The molecule has 3 heteroatoms. The van der Waals surface area contributed by atoms with Gasteiger partial charge >= 0.3 is 0 Å². The summed E-state index contributed by atoms with van der Waals surface area (Å²) in [4.78, 5) is 2.35. The summed E-state index contributed by atoms with van der Waals surface area (Å²) in [5, 5.41) is 11.0. The molecule has 1 heterocycles. The molecule has 0 unspecified atom stereocenters. The average Bonchev–Trinajstić information content (AvgIpc) is 3.31. The summed E-state index contributed by atoms with van der Waals surface area (Å²) in [5.41, 5.74) is 4.84. The van der Waals surface area contributed by atoms with Gasteiger partial charge in [-0.3, -0.25) is 4.90 Å². The summed E-state index contributed by atoms with van der Waals surface area (Å²) < 4.78 is 5.95. The Kier molecular flexibility index (Phi) is 3.95. The molecule has 0 radical (unpaired) electrons. The van der Waals surface area contributed by atoms with E-state index in [-0.39, 0.29) is 6.04 Å². The predicted octanol–water partition coefficient (Wildman–Crippen LogP) is 4.39. The Morgan fingerprint density at radius 1 is 0.857 bits per heavy atom. The highest BCUT2D eigenvalue weighted by molar-refractivity contribution is 5.83. The van der Waals surface area contributed by atoms with E-state index in [0.717, 1.165) is 0 Å². The first kappa shape index (κ1) is 17.6. The molecule has 2 aliphatic rings. The molecule has 0 spiro atoms. The van der Waals surface area contributed by atoms with Gasteiger partial charge in [-0.05, 0) is 41.7 Å². The van der Waals surface area contributed by atoms with Crippen molar-refractivity contribution >= 4 is 0 Å². The van der Waals surface area contributed by atoms with Gasteiger partial charge in [0.15, 0.2) is 0 Å². The summed E-state index contributed by atoms with van der Waals surface area (Å²) in [6.45, 7) is 4.75. The smallest absolute Gasteiger partial charge is 0.101 e. The zero-order chi connectivity index (χ0) is 19.4. The largest absolute Gasteiger partial charge is 0.389 e. The Bertz CT molecular complexity index is 961. The number of benzene rings is 3. The molecule has 3 nitrogen and oxygen atoms in total. The van der Waals surface area contributed by atoms with Crippen LogP contribution >= 0.6 is 0 Å². The van der Waals surface area contributed by atoms with Gasteiger partial charge in [0.2, 0.25) is 0 Å². The van der Waals surface area contributed by atoms with Crippen molar-refractivity contribution in [3.05, 3.63) is 95.6 Å². The Hall–Kier alpha value is -2.46. The summed E-state index contributed by atoms with van der Waals surface area (Å²) in [7, 11) is 0. The van der Waals surface area contributed by atoms with E-state index in [0.29, 0.717) is 13.3 Å². The summed E-state index contributed by atoms with van der Waals surface area (Å²) in [6.07, 6.45) is 0. The molecule has 5 rings (SSSR count). The molecule has 0 amide bonds. The Balaban J connectivity index is 1.87. The van der Waals surface area contributed by atoms with Gasteiger partial charge < -0.3 is 9.84 Å². The molecule has 142 valence electrons. The van der Waals surface area contributed by atoms with Crippen molar-refractivity contribution in [1.82, 2.24) is 4.90 Å². The van der Waals surface area contributed by atoms with Crippen molar-refractivity contribution < 1.29 is 9.84 Å². The van der Waals surface area contributed by atoms with Gasteiger partial charge in [-0.15, -0.1) is 0 Å². The van der Waals surface area contributed by atoms with Crippen molar-refractivity contribution in [3.8, 4) is 11.1 Å². The highest BCUT2D eigenvalue weighted by Crippen LogP contribution is 2.55. The normalized spacial score (nSPS) is 20.8. The maximum Gasteiger partial charge on any atom is 0.101 e. The Labute approximate surface area is 166 Å². The number of nitrogens with zero attached hydrogens (tertiary/aromatic N) is 1. The van der Waals surface area contributed by atoms with Gasteiger partial charge in [-0.2, -0.15) is 0 Å². The van der Waals surface area contributed by atoms with E-state index in [4.69, 9.17) is 4.74 Å². The van der Waals surface area contributed by atoms with Gasteiger partial charge in [0.1, 0.15) is 12.3 Å². The lowest BCUT2D eigenvalue weighted by molar-refractivity contribution is -0.0231. The summed E-state index contributed by atoms with van der Waals surface area (Å²) in [6, 6.07) is 27.8. The Morgan fingerprint density at radius 3 is 1.96 bits per heavy atom. The molecule has 0 aromatic heterocycles. The lowest BCUT2D eigenvalue weighted by Crippen LogP contribution is -2.56. The molecular formula is C25H25NO2. The average molecular weight is 371 g/mol. The fraction of sp³-hybridized carbons (Fsp3) is 0.280. The van der Waals surface area contributed by atoms with Crippen LogP contribution in [-0.2, 0) is 10.3 Å². The van der Waals surface area contributed by atoms with Crippen molar-refractivity contribution in [3.63, 3.8) is 0 Å². The van der Waals surface area contributed by atoms with E-state index in [1.807, 2.05) is 13.8 Å². The quantitative estimate of drug-likeness (QED) is 0.741. The Morgan fingerprint density at radius 2 is 1.39 bits per heavy atom. The second-order valence-corrected chi connectivity index (χ2v) is 8.31. The predicted molar refractivity (Wildman–Crippen MR) is 111 cm³/mol. The minimum Gasteiger partial charge on any atom is -0.389 e. The first-order chi connectivity index (χ1) is 13.5. The van der Waals surface area contributed by atoms with Crippen LogP contribution in [0.15, 0.2) is 78.9 Å². The van der Waals surface area contributed by atoms with Crippen LogP contribution in [-0.4, -0.2) is 35.0 Å². The van der Waals surface area contributed by atoms with E-state index in [1.54, 1.807) is 0 Å². The van der Waals surface area contributed by atoms with Crippen LogP contribution in [0, 0.1) is 0 Å². The first-order valence-electron chi connectivity index (χ1n) is 9.86. The van der Waals surface area contributed by atoms with Crippen LogP contribution in [0.3, 0.4) is 0 Å². The second kappa shape index (κ2) is 6.28. The standard InChI is InChI=1S/C25H25NO2/c1-24(2,27)23-16-28-17-26(23)25(18-10-4-3-5-11-18)21-14-8-6-12-19(21)20-13-7-9-15-22(20)25/h3-15,23,27H,16-17H2,1-2H3/t23-/m1/s1. The minimum absolute atomic E-state index is 0.119. The van der Waals surface area contributed by atoms with E-state index in [2.05, 4.69) is 83.8 Å². The topological polar surface area (TPSA) is 32.7 Å². The first-order valence-corrected chi connectivity index (χ1v) is 9.86. The minimum atomic E-state index is -0.884. The monoisotopic (exact) mass is 371 g/mol. The number of ether oxygens (including phenoxy) is 1. The highest BCUT2D eigenvalue weighted by Gasteiger charge is 2.54. The molecule has 1 N–H and O–H groups in total. The van der Waals surface area contributed by atoms with Crippen molar-refractivity contribution in [2.45, 2.75) is 31.0 Å². The zero-order valence-corrected chi connectivity index (χ0v) is 16.3. The number of hydrogen-bond donors (Lipinski definition) is 1. The van der Waals surface area contributed by atoms with Crippen LogP contribution in [0.4, 0.5) is 0 Å². The maximum absolute atomic E-state index is 11.0. The third kappa shape index (κ3) is 2.34.